The van der Waals surface area contributed by atoms with E-state index in [1.165, 1.54) is 14.2 Å². The second-order valence-electron chi connectivity index (χ2n) is 6.05. The van der Waals surface area contributed by atoms with Crippen LogP contribution in [0.15, 0.2) is 0 Å². The first-order valence-electron chi connectivity index (χ1n) is 7.40. The van der Waals surface area contributed by atoms with Crippen LogP contribution in [0, 0.1) is 16.7 Å². The number of aliphatic carboxylic acids is 1. The van der Waals surface area contributed by atoms with Crippen LogP contribution in [0.4, 0.5) is 0 Å². The summed E-state index contributed by atoms with van der Waals surface area (Å²) in [6.45, 7) is 10.3. The zero-order valence-electron chi connectivity index (χ0n) is 15.0. The topological polar surface area (TPSA) is 89.9 Å². The molecule has 0 saturated carbocycles. The molecule has 0 heterocycles. The van der Waals surface area contributed by atoms with Gasteiger partial charge in [0, 0.05) is 0 Å². The number of carbonyl (C=O) groups is 3. The Morgan fingerprint density at radius 1 is 1.05 bits per heavy atom. The van der Waals surface area contributed by atoms with E-state index in [2.05, 4.69) is 4.74 Å². The van der Waals surface area contributed by atoms with Gasteiger partial charge in [-0.05, 0) is 33.6 Å². The quantitative estimate of drug-likeness (QED) is 0.726. The fourth-order valence-corrected chi connectivity index (χ4v) is 2.49. The molecule has 0 radical (unpaired) electrons. The molecule has 0 aliphatic carbocycles. The van der Waals surface area contributed by atoms with Crippen molar-refractivity contribution in [3.8, 4) is 0 Å². The van der Waals surface area contributed by atoms with Gasteiger partial charge in [-0.1, -0.05) is 20.8 Å². The Hall–Kier alpha value is -1.59. The molecule has 0 fully saturated rings. The van der Waals surface area contributed by atoms with Crippen LogP contribution in [0.2, 0.25) is 0 Å². The van der Waals surface area contributed by atoms with Crippen LogP contribution >= 0.6 is 0 Å². The predicted octanol–water partition coefficient (Wildman–Crippen LogP) is 2.89. The predicted molar refractivity (Wildman–Crippen MR) is 83.3 cm³/mol. The number of ether oxygens (including phenoxy) is 2. The van der Waals surface area contributed by atoms with Crippen LogP contribution in [0.25, 0.3) is 0 Å². The van der Waals surface area contributed by atoms with E-state index in [0.717, 1.165) is 0 Å². The number of hydrogen-bond donors (Lipinski definition) is 1. The maximum atomic E-state index is 12.0. The van der Waals surface area contributed by atoms with Gasteiger partial charge in [-0.25, -0.2) is 0 Å². The van der Waals surface area contributed by atoms with Crippen LogP contribution in [0.1, 0.15) is 54.4 Å². The number of esters is 2. The lowest BCUT2D eigenvalue weighted by Crippen LogP contribution is -2.39. The van der Waals surface area contributed by atoms with Gasteiger partial charge < -0.3 is 14.6 Å². The highest BCUT2D eigenvalue weighted by atomic mass is 16.5. The highest BCUT2D eigenvalue weighted by molar-refractivity contribution is 5.80. The average Bonchev–Trinajstić information content (AvgIpc) is 2.46. The minimum absolute atomic E-state index is 0.0728. The highest BCUT2D eigenvalue weighted by Gasteiger charge is 2.44. The van der Waals surface area contributed by atoms with Crippen molar-refractivity contribution in [2.75, 3.05) is 14.2 Å². The van der Waals surface area contributed by atoms with Gasteiger partial charge in [0.25, 0.3) is 0 Å². The summed E-state index contributed by atoms with van der Waals surface area (Å²) in [6.07, 6.45) is 0.242. The molecule has 2 unspecified atom stereocenters. The van der Waals surface area contributed by atoms with Crippen molar-refractivity contribution < 1.29 is 29.0 Å². The maximum absolute atomic E-state index is 12.0. The third-order valence-electron chi connectivity index (χ3n) is 3.45. The molecular formula is C16H30O6. The Bertz CT molecular complexity index is 388. The average molecular weight is 318 g/mol. The molecule has 0 aromatic heterocycles. The van der Waals surface area contributed by atoms with Crippen molar-refractivity contribution >= 4 is 17.9 Å². The van der Waals surface area contributed by atoms with Gasteiger partial charge in [0.05, 0.1) is 31.0 Å². The molecule has 0 saturated heterocycles. The molecule has 2 atom stereocenters. The van der Waals surface area contributed by atoms with Crippen molar-refractivity contribution in [2.45, 2.75) is 54.4 Å². The summed E-state index contributed by atoms with van der Waals surface area (Å²) in [5.74, 6) is -2.48. The van der Waals surface area contributed by atoms with Gasteiger partial charge in [-0.2, -0.15) is 0 Å². The molecule has 6 nitrogen and oxygen atoms in total. The Balaban J connectivity index is 0. The molecule has 130 valence electrons. The van der Waals surface area contributed by atoms with Crippen molar-refractivity contribution in [1.29, 1.82) is 0 Å². The fraction of sp³-hybridized carbons (Fsp3) is 0.812. The third kappa shape index (κ3) is 6.45. The van der Waals surface area contributed by atoms with Crippen molar-refractivity contribution in [3.63, 3.8) is 0 Å². The lowest BCUT2D eigenvalue weighted by atomic mass is 9.70. The van der Waals surface area contributed by atoms with E-state index in [-0.39, 0.29) is 12.8 Å². The summed E-state index contributed by atoms with van der Waals surface area (Å²) >= 11 is 0. The Morgan fingerprint density at radius 2 is 1.50 bits per heavy atom. The van der Waals surface area contributed by atoms with E-state index in [9.17, 15) is 19.5 Å². The lowest BCUT2D eigenvalue weighted by molar-refractivity contribution is -0.160. The van der Waals surface area contributed by atoms with Crippen molar-refractivity contribution in [3.05, 3.63) is 0 Å². The molecule has 6 heteroatoms. The second kappa shape index (κ2) is 9.43. The number of methoxy groups -OCH3 is 2. The van der Waals surface area contributed by atoms with Crippen molar-refractivity contribution in [1.82, 2.24) is 0 Å². The number of carboxylic acid groups (broad SMARTS) is 1. The standard InChI is InChI=1S/C14H24O6.C2H6/c1-9(10(15)19-5)7-14(4,12(18)20-6)8-13(2,3)11(16)17;1-2/h9H,7-8H2,1-6H3,(H,16,17);1-2H3. The number of hydrogen-bond acceptors (Lipinski definition) is 5. The van der Waals surface area contributed by atoms with E-state index in [1.807, 2.05) is 13.8 Å². The normalized spacial score (nSPS) is 14.7. The van der Waals surface area contributed by atoms with Crippen LogP contribution < -0.4 is 0 Å². The number of carbonyl (C=O) groups excluding carboxylic acids is 2. The van der Waals surface area contributed by atoms with Crippen LogP contribution in [0.3, 0.4) is 0 Å². The molecule has 0 aliphatic rings. The minimum atomic E-state index is -1.10. The fourth-order valence-electron chi connectivity index (χ4n) is 2.49. The SMILES string of the molecule is CC.COC(=O)C(C)CC(C)(CC(C)(C)C(=O)O)C(=O)OC. The van der Waals surface area contributed by atoms with Crippen molar-refractivity contribution in [2.24, 2.45) is 16.7 Å². The lowest BCUT2D eigenvalue weighted by Gasteiger charge is -2.34. The second-order valence-corrected chi connectivity index (χ2v) is 6.05. The van der Waals surface area contributed by atoms with E-state index < -0.39 is 34.7 Å². The van der Waals surface area contributed by atoms with Crippen LogP contribution in [-0.4, -0.2) is 37.2 Å². The zero-order chi connectivity index (χ0) is 18.1. The minimum Gasteiger partial charge on any atom is -0.481 e. The maximum Gasteiger partial charge on any atom is 0.311 e. The van der Waals surface area contributed by atoms with E-state index >= 15 is 0 Å². The Morgan fingerprint density at radius 3 is 1.82 bits per heavy atom. The molecule has 0 rings (SSSR count). The summed E-state index contributed by atoms with van der Waals surface area (Å²) in [5.41, 5.74) is -2.16. The molecule has 1 N–H and O–H groups in total. The highest BCUT2D eigenvalue weighted by Crippen LogP contribution is 2.40. The Kier molecular flexibility index (Phi) is 9.73. The summed E-state index contributed by atoms with van der Waals surface area (Å²) in [4.78, 5) is 34.8. The summed E-state index contributed by atoms with van der Waals surface area (Å²) in [5, 5.41) is 9.20. The van der Waals surface area contributed by atoms with E-state index in [0.29, 0.717) is 0 Å². The third-order valence-corrected chi connectivity index (χ3v) is 3.45. The number of carboxylic acids is 1. The van der Waals surface area contributed by atoms with Crippen LogP contribution in [0.5, 0.6) is 0 Å². The number of rotatable bonds is 7. The van der Waals surface area contributed by atoms with E-state index in [1.54, 1.807) is 27.7 Å². The van der Waals surface area contributed by atoms with Gasteiger partial charge in [0.1, 0.15) is 0 Å². The monoisotopic (exact) mass is 318 g/mol. The summed E-state index contributed by atoms with van der Waals surface area (Å²) in [6, 6.07) is 0. The molecule has 0 bridgehead atoms. The van der Waals surface area contributed by atoms with Gasteiger partial charge >= 0.3 is 17.9 Å². The molecule has 0 aromatic rings. The van der Waals surface area contributed by atoms with Gasteiger partial charge in [-0.3, -0.25) is 14.4 Å². The zero-order valence-corrected chi connectivity index (χ0v) is 15.0. The summed E-state index contributed by atoms with van der Waals surface area (Å²) < 4.78 is 9.41. The van der Waals surface area contributed by atoms with Gasteiger partial charge in [-0.15, -0.1) is 0 Å². The van der Waals surface area contributed by atoms with E-state index in [4.69, 9.17) is 4.74 Å². The molecular weight excluding hydrogens is 288 g/mol. The first-order chi connectivity index (χ1) is 10.00. The molecule has 0 aromatic carbocycles. The smallest absolute Gasteiger partial charge is 0.311 e. The van der Waals surface area contributed by atoms with Gasteiger partial charge in [0.2, 0.25) is 0 Å². The van der Waals surface area contributed by atoms with Gasteiger partial charge in [0.15, 0.2) is 0 Å². The first-order valence-corrected chi connectivity index (χ1v) is 7.40. The molecule has 0 amide bonds. The Labute approximate surface area is 133 Å². The largest absolute Gasteiger partial charge is 0.481 e. The molecule has 0 spiro atoms. The van der Waals surface area contributed by atoms with Crippen LogP contribution in [-0.2, 0) is 23.9 Å². The molecule has 0 aliphatic heterocycles. The first kappa shape index (κ1) is 22.7. The molecule has 22 heavy (non-hydrogen) atoms. The summed E-state index contributed by atoms with van der Waals surface area (Å²) in [7, 11) is 2.52.